The summed E-state index contributed by atoms with van der Waals surface area (Å²) >= 11 is 0. The Morgan fingerprint density at radius 1 is 1.07 bits per heavy atom. The third-order valence-electron chi connectivity index (χ3n) is 4.99. The van der Waals surface area contributed by atoms with Crippen LogP contribution in [0.4, 0.5) is 0 Å². The van der Waals surface area contributed by atoms with Gasteiger partial charge in [0, 0.05) is 17.7 Å². The Labute approximate surface area is 160 Å². The highest BCUT2D eigenvalue weighted by atomic mass is 16.3. The van der Waals surface area contributed by atoms with Crippen molar-refractivity contribution >= 4 is 5.91 Å². The summed E-state index contributed by atoms with van der Waals surface area (Å²) in [4.78, 5) is 15.2. The first-order chi connectivity index (χ1) is 13.2. The van der Waals surface area contributed by atoms with Crippen LogP contribution in [0.25, 0.3) is 11.1 Å². The van der Waals surface area contributed by atoms with Crippen LogP contribution < -0.4 is 5.32 Å². The number of nitriles is 1. The molecule has 0 bridgehead atoms. The van der Waals surface area contributed by atoms with E-state index in [-0.39, 0.29) is 18.6 Å². The topological polar surface area (TPSA) is 76.4 Å². The van der Waals surface area contributed by atoms with E-state index in [1.54, 1.807) is 12.1 Å². The van der Waals surface area contributed by atoms with Crippen molar-refractivity contribution in [1.82, 2.24) is 10.2 Å². The Kier molecular flexibility index (Phi) is 6.59. The van der Waals surface area contributed by atoms with Crippen LogP contribution >= 0.6 is 0 Å². The summed E-state index contributed by atoms with van der Waals surface area (Å²) in [6.45, 7) is 2.58. The number of aliphatic hydroxyl groups excluding tert-OH is 1. The summed E-state index contributed by atoms with van der Waals surface area (Å²) < 4.78 is 0. The number of carbonyl (C=O) groups excluding carboxylic acids is 1. The van der Waals surface area contributed by atoms with Gasteiger partial charge in [-0.1, -0.05) is 42.8 Å². The van der Waals surface area contributed by atoms with E-state index in [1.807, 2.05) is 36.4 Å². The average Bonchev–Trinajstić information content (AvgIpc) is 2.73. The molecule has 0 aromatic heterocycles. The van der Waals surface area contributed by atoms with E-state index in [4.69, 9.17) is 0 Å². The number of nitrogens with zero attached hydrogens (tertiary/aromatic N) is 2. The molecule has 5 nitrogen and oxygen atoms in total. The molecule has 1 aliphatic rings. The largest absolute Gasteiger partial charge is 0.394 e. The molecule has 1 saturated heterocycles. The molecule has 2 N–H and O–H groups in total. The van der Waals surface area contributed by atoms with Crippen molar-refractivity contribution in [3.63, 3.8) is 0 Å². The Hall–Kier alpha value is -2.68. The molecule has 2 aromatic carbocycles. The maximum absolute atomic E-state index is 12.9. The van der Waals surface area contributed by atoms with Crippen molar-refractivity contribution < 1.29 is 9.90 Å². The molecule has 5 heteroatoms. The fourth-order valence-corrected chi connectivity index (χ4v) is 3.60. The summed E-state index contributed by atoms with van der Waals surface area (Å²) in [5, 5.41) is 22.1. The molecule has 140 valence electrons. The number of amides is 1. The molecular weight excluding hydrogens is 338 g/mol. The number of piperidine rings is 1. The first kappa shape index (κ1) is 19.1. The number of hydrogen-bond donors (Lipinski definition) is 2. The minimum Gasteiger partial charge on any atom is -0.394 e. The normalized spacial score (nSPS) is 15.7. The van der Waals surface area contributed by atoms with Gasteiger partial charge in [-0.25, -0.2) is 0 Å². The van der Waals surface area contributed by atoms with Gasteiger partial charge in [0.05, 0.1) is 24.3 Å². The second-order valence-corrected chi connectivity index (χ2v) is 6.92. The van der Waals surface area contributed by atoms with Crippen LogP contribution in [0.5, 0.6) is 0 Å². The van der Waals surface area contributed by atoms with Crippen LogP contribution in [0.15, 0.2) is 48.5 Å². The van der Waals surface area contributed by atoms with E-state index in [0.717, 1.165) is 24.2 Å². The first-order valence-corrected chi connectivity index (χ1v) is 9.45. The average molecular weight is 363 g/mol. The van der Waals surface area contributed by atoms with E-state index in [0.29, 0.717) is 17.7 Å². The Bertz CT molecular complexity index is 822. The summed E-state index contributed by atoms with van der Waals surface area (Å²) in [5.41, 5.74) is 2.51. The van der Waals surface area contributed by atoms with Crippen molar-refractivity contribution in [2.45, 2.75) is 25.3 Å². The van der Waals surface area contributed by atoms with Gasteiger partial charge in [-0.3, -0.25) is 4.79 Å². The fourth-order valence-electron chi connectivity index (χ4n) is 3.60. The lowest BCUT2D eigenvalue weighted by atomic mass is 9.95. The summed E-state index contributed by atoms with van der Waals surface area (Å²) in [5.74, 6) is -0.227. The van der Waals surface area contributed by atoms with Crippen molar-refractivity contribution in [2.24, 2.45) is 0 Å². The lowest BCUT2D eigenvalue weighted by molar-refractivity contribution is 0.0887. The second kappa shape index (κ2) is 9.31. The summed E-state index contributed by atoms with van der Waals surface area (Å²) in [7, 11) is 0. The number of benzene rings is 2. The van der Waals surface area contributed by atoms with E-state index in [2.05, 4.69) is 16.3 Å². The molecular formula is C22H25N3O2. The van der Waals surface area contributed by atoms with E-state index >= 15 is 0 Å². The summed E-state index contributed by atoms with van der Waals surface area (Å²) in [6, 6.07) is 16.4. The first-order valence-electron chi connectivity index (χ1n) is 9.45. The molecule has 0 unspecified atom stereocenters. The van der Waals surface area contributed by atoms with Crippen LogP contribution in [-0.2, 0) is 0 Å². The molecule has 1 fully saturated rings. The quantitative estimate of drug-likeness (QED) is 0.827. The summed E-state index contributed by atoms with van der Waals surface area (Å²) in [6.07, 6.45) is 3.58. The highest BCUT2D eigenvalue weighted by Crippen LogP contribution is 2.27. The van der Waals surface area contributed by atoms with Crippen molar-refractivity contribution in [3.8, 4) is 17.2 Å². The van der Waals surface area contributed by atoms with Crippen molar-refractivity contribution in [3.05, 3.63) is 59.7 Å². The molecule has 3 rings (SSSR count). The van der Waals surface area contributed by atoms with Gasteiger partial charge in [0.15, 0.2) is 0 Å². The van der Waals surface area contributed by atoms with Crippen LogP contribution in [0.2, 0.25) is 0 Å². The van der Waals surface area contributed by atoms with Crippen molar-refractivity contribution in [1.29, 1.82) is 5.26 Å². The van der Waals surface area contributed by atoms with E-state index < -0.39 is 0 Å². The van der Waals surface area contributed by atoms with Gasteiger partial charge in [-0.2, -0.15) is 5.26 Å². The minimum atomic E-state index is -0.310. The SMILES string of the molecule is N#Cc1ccccc1-c1ccccc1C(=O)N[C@@H](CO)CN1CCCCC1. The number of carbonyl (C=O) groups is 1. The minimum absolute atomic E-state index is 0.0980. The number of nitrogens with one attached hydrogen (secondary N) is 1. The predicted octanol–water partition coefficient (Wildman–Crippen LogP) is 2.80. The van der Waals surface area contributed by atoms with E-state index in [1.165, 1.54) is 19.3 Å². The number of hydrogen-bond acceptors (Lipinski definition) is 4. The standard InChI is InChI=1S/C22H25N3O2/c23-14-17-8-2-3-9-19(17)20-10-4-5-11-21(20)22(27)24-18(16-26)15-25-12-6-1-7-13-25/h2-5,8-11,18,26H,1,6-7,12-13,15-16H2,(H,24,27)/t18-/m1/s1. The smallest absolute Gasteiger partial charge is 0.252 e. The molecule has 0 radical (unpaired) electrons. The van der Waals surface area contributed by atoms with Gasteiger partial charge >= 0.3 is 0 Å². The molecule has 27 heavy (non-hydrogen) atoms. The Morgan fingerprint density at radius 3 is 2.44 bits per heavy atom. The molecule has 1 aliphatic heterocycles. The van der Waals surface area contributed by atoms with Crippen LogP contribution in [0.1, 0.15) is 35.2 Å². The fraction of sp³-hybridized carbons (Fsp3) is 0.364. The number of aliphatic hydroxyl groups is 1. The monoisotopic (exact) mass is 363 g/mol. The predicted molar refractivity (Wildman–Crippen MR) is 105 cm³/mol. The lowest BCUT2D eigenvalue weighted by Crippen LogP contribution is -2.47. The zero-order valence-corrected chi connectivity index (χ0v) is 15.4. The third kappa shape index (κ3) is 4.73. The van der Waals surface area contributed by atoms with Gasteiger partial charge in [-0.05, 0) is 43.6 Å². The molecule has 0 spiro atoms. The highest BCUT2D eigenvalue weighted by Gasteiger charge is 2.20. The Morgan fingerprint density at radius 2 is 1.74 bits per heavy atom. The number of rotatable bonds is 6. The van der Waals surface area contributed by atoms with Crippen LogP contribution in [0, 0.1) is 11.3 Å². The van der Waals surface area contributed by atoms with Gasteiger partial charge in [0.25, 0.3) is 5.91 Å². The molecule has 2 aromatic rings. The van der Waals surface area contributed by atoms with Crippen molar-refractivity contribution in [2.75, 3.05) is 26.2 Å². The number of likely N-dealkylation sites (tertiary alicyclic amines) is 1. The zero-order valence-electron chi connectivity index (χ0n) is 15.4. The van der Waals surface area contributed by atoms with Gasteiger partial charge in [-0.15, -0.1) is 0 Å². The maximum Gasteiger partial charge on any atom is 0.252 e. The highest BCUT2D eigenvalue weighted by molar-refractivity contribution is 6.01. The molecule has 0 aliphatic carbocycles. The Balaban J connectivity index is 1.79. The lowest BCUT2D eigenvalue weighted by Gasteiger charge is -2.30. The maximum atomic E-state index is 12.9. The molecule has 0 saturated carbocycles. The molecule has 1 atom stereocenters. The van der Waals surface area contributed by atoms with Crippen LogP contribution in [-0.4, -0.2) is 48.2 Å². The zero-order chi connectivity index (χ0) is 19.1. The van der Waals surface area contributed by atoms with Gasteiger partial charge < -0.3 is 15.3 Å². The third-order valence-corrected chi connectivity index (χ3v) is 4.99. The molecule has 1 amide bonds. The van der Waals surface area contributed by atoms with Gasteiger partial charge in [0.1, 0.15) is 0 Å². The van der Waals surface area contributed by atoms with E-state index in [9.17, 15) is 15.2 Å². The molecule has 1 heterocycles. The van der Waals surface area contributed by atoms with Gasteiger partial charge in [0.2, 0.25) is 0 Å². The second-order valence-electron chi connectivity index (χ2n) is 6.92. The van der Waals surface area contributed by atoms with Crippen LogP contribution in [0.3, 0.4) is 0 Å².